The minimum Gasteiger partial charge on any atom is -0.493 e. The van der Waals surface area contributed by atoms with Crippen molar-refractivity contribution in [3.63, 3.8) is 0 Å². The van der Waals surface area contributed by atoms with Gasteiger partial charge in [0.1, 0.15) is 0 Å². The monoisotopic (exact) mass is 486 g/mol. The van der Waals surface area contributed by atoms with Crippen LogP contribution in [0.3, 0.4) is 0 Å². The third-order valence-corrected chi connectivity index (χ3v) is 6.57. The van der Waals surface area contributed by atoms with Gasteiger partial charge in [-0.3, -0.25) is 9.69 Å². The summed E-state index contributed by atoms with van der Waals surface area (Å²) in [6.07, 6.45) is 3.57. The summed E-state index contributed by atoms with van der Waals surface area (Å²) in [6, 6.07) is 23.9. The Labute approximate surface area is 211 Å². The van der Waals surface area contributed by atoms with E-state index in [0.717, 1.165) is 24.1 Å². The lowest BCUT2D eigenvalue weighted by Crippen LogP contribution is -2.31. The molecule has 0 unspecified atom stereocenters. The van der Waals surface area contributed by atoms with E-state index in [2.05, 4.69) is 19.1 Å². The number of ether oxygens (including phenoxy) is 2. The van der Waals surface area contributed by atoms with Crippen molar-refractivity contribution >= 4 is 34.6 Å². The Balaban J connectivity index is 1.62. The van der Waals surface area contributed by atoms with Crippen LogP contribution < -0.4 is 9.47 Å². The Morgan fingerprint density at radius 1 is 1.00 bits per heavy atom. The highest BCUT2D eigenvalue weighted by Gasteiger charge is 2.33. The molecule has 5 nitrogen and oxygen atoms in total. The lowest BCUT2D eigenvalue weighted by Gasteiger charge is -2.15. The van der Waals surface area contributed by atoms with Crippen molar-refractivity contribution in [1.29, 1.82) is 0 Å². The lowest BCUT2D eigenvalue weighted by atomic mass is 10.1. The van der Waals surface area contributed by atoms with E-state index in [-0.39, 0.29) is 5.91 Å². The van der Waals surface area contributed by atoms with Gasteiger partial charge in [-0.25, -0.2) is 4.99 Å². The predicted octanol–water partition coefficient (Wildman–Crippen LogP) is 6.64. The highest BCUT2D eigenvalue weighted by molar-refractivity contribution is 8.18. The van der Waals surface area contributed by atoms with Crippen LogP contribution >= 0.6 is 11.8 Å². The zero-order valence-electron chi connectivity index (χ0n) is 20.4. The van der Waals surface area contributed by atoms with Crippen LogP contribution in [-0.4, -0.2) is 36.2 Å². The number of nitrogens with zero attached hydrogens (tertiary/aromatic N) is 2. The molecule has 0 aromatic heterocycles. The van der Waals surface area contributed by atoms with Gasteiger partial charge < -0.3 is 9.47 Å². The summed E-state index contributed by atoms with van der Waals surface area (Å²) in [7, 11) is 1.62. The number of methoxy groups -OCH3 is 1. The molecule has 1 amide bonds. The second kappa shape index (κ2) is 11.8. The summed E-state index contributed by atoms with van der Waals surface area (Å²) in [5.74, 6) is 1.31. The molecule has 4 rings (SSSR count). The van der Waals surface area contributed by atoms with Crippen LogP contribution in [0.5, 0.6) is 11.5 Å². The Morgan fingerprint density at radius 3 is 2.49 bits per heavy atom. The average Bonchev–Trinajstić information content (AvgIpc) is 3.17. The van der Waals surface area contributed by atoms with E-state index in [4.69, 9.17) is 14.5 Å². The van der Waals surface area contributed by atoms with Crippen LogP contribution in [0.2, 0.25) is 0 Å². The van der Waals surface area contributed by atoms with Gasteiger partial charge in [-0.1, -0.05) is 61.0 Å². The average molecular weight is 487 g/mol. The molecule has 0 spiro atoms. The largest absolute Gasteiger partial charge is 0.493 e. The fourth-order valence-electron chi connectivity index (χ4n) is 3.66. The third-order valence-electron chi connectivity index (χ3n) is 5.56. The molecule has 0 atom stereocenters. The molecule has 0 aliphatic carbocycles. The summed E-state index contributed by atoms with van der Waals surface area (Å²) in [5.41, 5.74) is 4.06. The lowest BCUT2D eigenvalue weighted by molar-refractivity contribution is -0.122. The predicted molar refractivity (Wildman–Crippen MR) is 144 cm³/mol. The van der Waals surface area contributed by atoms with Gasteiger partial charge >= 0.3 is 0 Å². The number of hydrogen-bond donors (Lipinski definition) is 0. The van der Waals surface area contributed by atoms with Crippen LogP contribution in [0.1, 0.15) is 30.0 Å². The van der Waals surface area contributed by atoms with Gasteiger partial charge in [0.05, 0.1) is 24.3 Å². The first-order chi connectivity index (χ1) is 17.1. The maximum absolute atomic E-state index is 13.4. The topological polar surface area (TPSA) is 51.1 Å². The fraction of sp³-hybridized carbons (Fsp3) is 0.241. The van der Waals surface area contributed by atoms with Crippen molar-refractivity contribution in [2.45, 2.75) is 26.7 Å². The molecule has 0 radical (unpaired) electrons. The van der Waals surface area contributed by atoms with Crippen LogP contribution in [0.15, 0.2) is 82.7 Å². The summed E-state index contributed by atoms with van der Waals surface area (Å²) in [5, 5.41) is 0.691. The number of benzene rings is 3. The van der Waals surface area contributed by atoms with E-state index in [1.54, 1.807) is 12.0 Å². The SMILES string of the molecule is CCCOc1ccc(/C=C2/SC(=Nc3ccc(C)cc3)N(CCc3ccccc3)C2=O)cc1OC. The highest BCUT2D eigenvalue weighted by atomic mass is 32.2. The van der Waals surface area contributed by atoms with Gasteiger partial charge in [0.2, 0.25) is 0 Å². The summed E-state index contributed by atoms with van der Waals surface area (Å²) >= 11 is 1.40. The maximum Gasteiger partial charge on any atom is 0.266 e. The number of thioether (sulfide) groups is 1. The minimum atomic E-state index is -0.0398. The van der Waals surface area contributed by atoms with Crippen LogP contribution in [0.25, 0.3) is 6.08 Å². The summed E-state index contributed by atoms with van der Waals surface area (Å²) in [4.78, 5) is 20.7. The van der Waals surface area contributed by atoms with E-state index in [1.165, 1.54) is 22.9 Å². The number of amidine groups is 1. The molecule has 0 N–H and O–H groups in total. The number of amides is 1. The van der Waals surface area contributed by atoms with Gasteiger partial charge in [-0.15, -0.1) is 0 Å². The molecule has 6 heteroatoms. The standard InChI is InChI=1S/C29H30N2O3S/c1-4-18-34-25-15-12-23(19-26(25)33-3)20-27-28(32)31(17-16-22-8-6-5-7-9-22)29(35-27)30-24-13-10-21(2)11-14-24/h5-15,19-20H,4,16-18H2,1-3H3/b27-20+,30-29?. The number of carbonyl (C=O) groups is 1. The van der Waals surface area contributed by atoms with Gasteiger partial charge in [-0.2, -0.15) is 0 Å². The summed E-state index contributed by atoms with van der Waals surface area (Å²) in [6.45, 7) is 5.30. The highest BCUT2D eigenvalue weighted by Crippen LogP contribution is 2.36. The van der Waals surface area contributed by atoms with Crippen LogP contribution in [-0.2, 0) is 11.2 Å². The Hall–Kier alpha value is -3.51. The number of rotatable bonds is 9. The van der Waals surface area contributed by atoms with E-state index in [1.807, 2.05) is 73.7 Å². The first-order valence-corrected chi connectivity index (χ1v) is 12.6. The minimum absolute atomic E-state index is 0.0398. The van der Waals surface area contributed by atoms with Gasteiger partial charge in [-0.05, 0) is 73.0 Å². The molecule has 3 aromatic rings. The molecule has 3 aromatic carbocycles. The Bertz CT molecular complexity index is 1220. The van der Waals surface area contributed by atoms with E-state index in [9.17, 15) is 4.79 Å². The molecular weight excluding hydrogens is 456 g/mol. The van der Waals surface area contributed by atoms with Crippen molar-refractivity contribution in [3.8, 4) is 11.5 Å². The molecule has 1 aliphatic rings. The first kappa shape index (κ1) is 24.6. The second-order valence-electron chi connectivity index (χ2n) is 8.29. The quantitative estimate of drug-likeness (QED) is 0.318. The number of hydrogen-bond acceptors (Lipinski definition) is 5. The Kier molecular flexibility index (Phi) is 8.27. The van der Waals surface area contributed by atoms with Crippen molar-refractivity contribution in [1.82, 2.24) is 4.90 Å². The molecule has 1 saturated heterocycles. The van der Waals surface area contributed by atoms with E-state index < -0.39 is 0 Å². The smallest absolute Gasteiger partial charge is 0.266 e. The van der Waals surface area contributed by atoms with Crippen LogP contribution in [0.4, 0.5) is 5.69 Å². The van der Waals surface area contributed by atoms with Crippen LogP contribution in [0, 0.1) is 6.92 Å². The number of carbonyl (C=O) groups excluding carboxylic acids is 1. The van der Waals surface area contributed by atoms with E-state index in [0.29, 0.717) is 34.7 Å². The molecular formula is C29H30N2O3S. The molecule has 0 bridgehead atoms. The molecule has 35 heavy (non-hydrogen) atoms. The van der Waals surface area contributed by atoms with Gasteiger partial charge in [0, 0.05) is 6.54 Å². The molecule has 1 heterocycles. The molecule has 180 valence electrons. The maximum atomic E-state index is 13.4. The molecule has 1 aliphatic heterocycles. The summed E-state index contributed by atoms with van der Waals surface area (Å²) < 4.78 is 11.3. The van der Waals surface area contributed by atoms with Crippen molar-refractivity contribution in [3.05, 3.63) is 94.4 Å². The van der Waals surface area contributed by atoms with Gasteiger partial charge in [0.15, 0.2) is 16.7 Å². The number of aryl methyl sites for hydroxylation is 1. The first-order valence-electron chi connectivity index (χ1n) is 11.8. The van der Waals surface area contributed by atoms with Crippen molar-refractivity contribution in [2.75, 3.05) is 20.3 Å². The van der Waals surface area contributed by atoms with Crippen molar-refractivity contribution < 1.29 is 14.3 Å². The third kappa shape index (κ3) is 6.34. The zero-order valence-corrected chi connectivity index (χ0v) is 21.2. The second-order valence-corrected chi connectivity index (χ2v) is 9.30. The Morgan fingerprint density at radius 2 is 1.77 bits per heavy atom. The van der Waals surface area contributed by atoms with Crippen molar-refractivity contribution in [2.24, 2.45) is 4.99 Å². The molecule has 0 saturated carbocycles. The normalized spacial score (nSPS) is 15.7. The van der Waals surface area contributed by atoms with E-state index >= 15 is 0 Å². The molecule has 1 fully saturated rings. The fourth-order valence-corrected chi connectivity index (χ4v) is 4.69. The number of aliphatic imine (C=N–C) groups is 1. The zero-order chi connectivity index (χ0) is 24.6. The van der Waals surface area contributed by atoms with Gasteiger partial charge in [0.25, 0.3) is 5.91 Å².